The van der Waals surface area contributed by atoms with E-state index in [-0.39, 0.29) is 31.6 Å². The number of carbonyl (C=O) groups is 3. The Morgan fingerprint density at radius 3 is 2.34 bits per heavy atom. The van der Waals surface area contributed by atoms with E-state index in [0.717, 1.165) is 0 Å². The van der Waals surface area contributed by atoms with Crippen LogP contribution in [-0.2, 0) is 47.5 Å². The third-order valence-corrected chi connectivity index (χ3v) is 10.3. The van der Waals surface area contributed by atoms with Crippen molar-refractivity contribution in [3.63, 3.8) is 0 Å². The van der Waals surface area contributed by atoms with Crippen LogP contribution in [0.25, 0.3) is 0 Å². The fourth-order valence-electron chi connectivity index (χ4n) is 7.48. The van der Waals surface area contributed by atoms with E-state index in [1.165, 1.54) is 7.11 Å². The second-order valence-corrected chi connectivity index (χ2v) is 15.1. The number of ether oxygens (including phenoxy) is 7. The van der Waals surface area contributed by atoms with Gasteiger partial charge in [-0.1, -0.05) is 38.2 Å². The van der Waals surface area contributed by atoms with E-state index >= 15 is 0 Å². The number of hydrogen-bond donors (Lipinski definition) is 4. The molecule has 3 aliphatic heterocycles. The summed E-state index contributed by atoms with van der Waals surface area (Å²) in [6, 6.07) is -0.750. The molecule has 0 aliphatic carbocycles. The van der Waals surface area contributed by atoms with Crippen LogP contribution < -0.4 is 0 Å². The lowest BCUT2D eigenvalue weighted by atomic mass is 9.82. The number of aldehydes is 1. The summed E-state index contributed by atoms with van der Waals surface area (Å²) >= 11 is 0. The number of nitrogens with zero attached hydrogens (tertiary/aromatic N) is 1. The molecule has 53 heavy (non-hydrogen) atoms. The van der Waals surface area contributed by atoms with E-state index in [1.54, 1.807) is 71.8 Å². The first kappa shape index (κ1) is 45.1. The quantitative estimate of drug-likeness (QED) is 0.186. The third kappa shape index (κ3) is 12.3. The van der Waals surface area contributed by atoms with Gasteiger partial charge in [0.2, 0.25) is 0 Å². The van der Waals surface area contributed by atoms with Gasteiger partial charge in [0.1, 0.15) is 36.3 Å². The van der Waals surface area contributed by atoms with E-state index in [4.69, 9.17) is 33.2 Å². The molecular formula is C38H63NO14. The van der Waals surface area contributed by atoms with Crippen molar-refractivity contribution < 1.29 is 68.0 Å². The van der Waals surface area contributed by atoms with Crippen LogP contribution in [0.2, 0.25) is 0 Å². The number of rotatable bonds is 10. The van der Waals surface area contributed by atoms with Crippen LogP contribution in [0.3, 0.4) is 0 Å². The molecule has 0 amide bonds. The molecular weight excluding hydrogens is 694 g/mol. The zero-order chi connectivity index (χ0) is 39.6. The van der Waals surface area contributed by atoms with Gasteiger partial charge in [0.15, 0.2) is 18.7 Å². The first-order valence-corrected chi connectivity index (χ1v) is 18.7. The molecule has 2 saturated heterocycles. The molecule has 15 nitrogen and oxygen atoms in total. The molecule has 3 rings (SSSR count). The minimum Gasteiger partial charge on any atom is -0.462 e. The van der Waals surface area contributed by atoms with Gasteiger partial charge >= 0.3 is 11.9 Å². The molecule has 2 fully saturated rings. The number of aliphatic hydroxyl groups is 4. The second kappa shape index (κ2) is 20.6. The van der Waals surface area contributed by atoms with Crippen molar-refractivity contribution in [1.82, 2.24) is 4.90 Å². The Bertz CT molecular complexity index is 1230. The monoisotopic (exact) mass is 757 g/mol. The summed E-state index contributed by atoms with van der Waals surface area (Å²) in [6.07, 6.45) is -3.93. The average molecular weight is 758 g/mol. The minimum atomic E-state index is -1.47. The summed E-state index contributed by atoms with van der Waals surface area (Å²) in [7, 11) is 4.85. The van der Waals surface area contributed by atoms with Crippen molar-refractivity contribution in [2.75, 3.05) is 21.2 Å². The lowest BCUT2D eigenvalue weighted by Crippen LogP contribution is -2.66. The van der Waals surface area contributed by atoms with Gasteiger partial charge in [-0.25, -0.2) is 0 Å². The average Bonchev–Trinajstić information content (AvgIpc) is 3.06. The largest absolute Gasteiger partial charge is 0.462 e. The minimum absolute atomic E-state index is 0.0298. The maximum Gasteiger partial charge on any atom is 0.308 e. The topological polar surface area (TPSA) is 200 Å². The molecule has 0 aromatic rings. The van der Waals surface area contributed by atoms with Crippen LogP contribution in [0.5, 0.6) is 0 Å². The Hall–Kier alpha value is -2.31. The summed E-state index contributed by atoms with van der Waals surface area (Å²) in [5.41, 5.74) is -1.47. The van der Waals surface area contributed by atoms with Crippen LogP contribution >= 0.6 is 0 Å². The highest BCUT2D eigenvalue weighted by atomic mass is 16.7. The Morgan fingerprint density at radius 2 is 1.74 bits per heavy atom. The van der Waals surface area contributed by atoms with Gasteiger partial charge in [-0.05, 0) is 60.0 Å². The van der Waals surface area contributed by atoms with E-state index in [9.17, 15) is 34.8 Å². The summed E-state index contributed by atoms with van der Waals surface area (Å²) in [5.74, 6) is -2.14. The fourth-order valence-corrected chi connectivity index (χ4v) is 7.48. The van der Waals surface area contributed by atoms with Gasteiger partial charge in [-0.15, -0.1) is 0 Å². The lowest BCUT2D eigenvalue weighted by molar-refractivity contribution is -0.344. The number of likely N-dealkylation sites (N-methyl/N-ethyl adjacent to an activating group) is 1. The summed E-state index contributed by atoms with van der Waals surface area (Å²) in [6.45, 7) is 10.2. The maximum absolute atomic E-state index is 12.9. The summed E-state index contributed by atoms with van der Waals surface area (Å²) in [5, 5.41) is 45.5. The third-order valence-electron chi connectivity index (χ3n) is 10.3. The number of carbonyl (C=O) groups excluding carboxylic acids is 3. The van der Waals surface area contributed by atoms with Gasteiger partial charge < -0.3 is 63.3 Å². The smallest absolute Gasteiger partial charge is 0.308 e. The number of esters is 2. The highest BCUT2D eigenvalue weighted by molar-refractivity contribution is 5.70. The van der Waals surface area contributed by atoms with Crippen molar-refractivity contribution in [3.8, 4) is 0 Å². The summed E-state index contributed by atoms with van der Waals surface area (Å²) in [4.78, 5) is 38.8. The number of aliphatic hydroxyl groups excluding tert-OH is 3. The molecule has 15 heteroatoms. The first-order chi connectivity index (χ1) is 24.9. The number of methoxy groups -OCH3 is 1. The van der Waals surface area contributed by atoms with E-state index in [1.807, 2.05) is 13.0 Å². The van der Waals surface area contributed by atoms with E-state index < -0.39 is 110 Å². The number of allylic oxidation sites excluding steroid dienone is 2. The molecule has 0 saturated carbocycles. The van der Waals surface area contributed by atoms with Crippen LogP contribution in [0.4, 0.5) is 0 Å². The molecule has 0 aromatic carbocycles. The standard InChI is InChI=1S/C38H63NO14/c1-10-28(43)51-36-24(5)49-30(20-38(36,6)46)52-33-23(4)50-37(32(45)31(33)39(7)8)53-34-25(16-17-40)18-21(2)26(41)15-13-11-12-14-22(3)48-29(44)19-27(42)35(34)47-9/h11-13,15,17,21-27,30-37,41-42,45-46H,10,14,16,18-20H2,1-9H3. The normalized spacial score (nSPS) is 42.2. The maximum atomic E-state index is 12.9. The second-order valence-electron chi connectivity index (χ2n) is 15.1. The molecule has 0 bridgehead atoms. The van der Waals surface area contributed by atoms with Crippen LogP contribution in [0, 0.1) is 11.8 Å². The molecule has 304 valence electrons. The molecule has 0 aromatic heterocycles. The zero-order valence-electron chi connectivity index (χ0n) is 32.6. The van der Waals surface area contributed by atoms with Crippen LogP contribution in [-0.4, -0.2) is 150 Å². The number of hydrogen-bond acceptors (Lipinski definition) is 15. The molecule has 3 heterocycles. The Morgan fingerprint density at radius 1 is 1.04 bits per heavy atom. The van der Waals surface area contributed by atoms with Gasteiger partial charge in [-0.2, -0.15) is 0 Å². The van der Waals surface area contributed by atoms with E-state index in [2.05, 4.69) is 0 Å². The van der Waals surface area contributed by atoms with Gasteiger partial charge in [0, 0.05) is 32.8 Å². The highest BCUT2D eigenvalue weighted by Crippen LogP contribution is 2.37. The molecule has 16 atom stereocenters. The SMILES string of the molecule is CCC(=O)OC1C(C)OC(OC2C(C)OC(OC3C(CC=O)CC(C)C(O)C=CC=CCC(C)OC(=O)CC(O)C3OC)C(O)C2N(C)C)CC1(C)O. The van der Waals surface area contributed by atoms with Crippen molar-refractivity contribution in [1.29, 1.82) is 0 Å². The number of cyclic esters (lactones) is 1. The van der Waals surface area contributed by atoms with Crippen molar-refractivity contribution in [3.05, 3.63) is 24.3 Å². The van der Waals surface area contributed by atoms with Crippen molar-refractivity contribution >= 4 is 18.2 Å². The van der Waals surface area contributed by atoms with Crippen molar-refractivity contribution in [2.24, 2.45) is 11.8 Å². The molecule has 0 radical (unpaired) electrons. The Kier molecular flexibility index (Phi) is 17.5. The zero-order valence-corrected chi connectivity index (χ0v) is 32.6. The predicted octanol–water partition coefficient (Wildman–Crippen LogP) is 1.81. The summed E-state index contributed by atoms with van der Waals surface area (Å²) < 4.78 is 42.1. The fraction of sp³-hybridized carbons (Fsp3) is 0.816. The van der Waals surface area contributed by atoms with Crippen LogP contribution in [0.1, 0.15) is 80.1 Å². The first-order valence-electron chi connectivity index (χ1n) is 18.7. The molecule has 0 spiro atoms. The van der Waals surface area contributed by atoms with Gasteiger partial charge in [0.05, 0.1) is 43.0 Å². The Labute approximate surface area is 313 Å². The lowest BCUT2D eigenvalue weighted by Gasteiger charge is -2.50. The van der Waals surface area contributed by atoms with E-state index in [0.29, 0.717) is 12.7 Å². The molecule has 4 N–H and O–H groups in total. The Balaban J connectivity index is 1.92. The highest BCUT2D eigenvalue weighted by Gasteiger charge is 2.52. The van der Waals surface area contributed by atoms with Crippen molar-refractivity contribution in [2.45, 2.75) is 165 Å². The molecule has 3 aliphatic rings. The van der Waals surface area contributed by atoms with Crippen LogP contribution in [0.15, 0.2) is 24.3 Å². The predicted molar refractivity (Wildman–Crippen MR) is 191 cm³/mol. The van der Waals surface area contributed by atoms with Gasteiger partial charge in [0.25, 0.3) is 0 Å². The molecule has 16 unspecified atom stereocenters. The van der Waals surface area contributed by atoms with Gasteiger partial charge in [-0.3, -0.25) is 9.59 Å².